The number of aryl methyl sites for hydroxylation is 1. The fourth-order valence-electron chi connectivity index (χ4n) is 3.49. The topological polar surface area (TPSA) is 88.1 Å². The normalized spacial score (nSPS) is 11.7. The number of hydrogen-bond donors (Lipinski definition) is 0. The summed E-state index contributed by atoms with van der Waals surface area (Å²) in [6.07, 6.45) is 0. The van der Waals surface area contributed by atoms with Gasteiger partial charge in [-0.3, -0.25) is 0 Å². The first-order chi connectivity index (χ1) is 15.1. The van der Waals surface area contributed by atoms with Gasteiger partial charge in [0.1, 0.15) is 22.7 Å². The van der Waals surface area contributed by atoms with E-state index < -0.39 is 17.2 Å². The van der Waals surface area contributed by atoms with Crippen LogP contribution in [0.2, 0.25) is 0 Å². The van der Waals surface area contributed by atoms with Gasteiger partial charge in [-0.15, -0.1) is 0 Å². The number of esters is 1. The number of fused-ring (bicyclic) bond motifs is 2. The van der Waals surface area contributed by atoms with Crippen LogP contribution in [0.15, 0.2) is 56.1 Å². The quantitative estimate of drug-likeness (QED) is 0.312. The van der Waals surface area contributed by atoms with Crippen molar-refractivity contribution in [2.24, 2.45) is 0 Å². The number of benzene rings is 2. The molecule has 7 heteroatoms. The molecule has 0 aliphatic carbocycles. The lowest BCUT2D eigenvalue weighted by Crippen LogP contribution is -2.27. The third kappa shape index (κ3) is 4.32. The molecular weight excluding hydrogens is 412 g/mol. The van der Waals surface area contributed by atoms with Crippen LogP contribution >= 0.6 is 0 Å². The lowest BCUT2D eigenvalue weighted by atomic mass is 10.0. The van der Waals surface area contributed by atoms with Gasteiger partial charge in [-0.25, -0.2) is 9.59 Å². The van der Waals surface area contributed by atoms with Gasteiger partial charge in [0.2, 0.25) is 0 Å². The zero-order chi connectivity index (χ0) is 23.0. The van der Waals surface area contributed by atoms with Gasteiger partial charge >= 0.3 is 11.6 Å². The average molecular weight is 436 g/mol. The summed E-state index contributed by atoms with van der Waals surface area (Å²) in [4.78, 5) is 24.3. The first-order valence-corrected chi connectivity index (χ1v) is 10.1. The zero-order valence-corrected chi connectivity index (χ0v) is 18.6. The van der Waals surface area contributed by atoms with Crippen LogP contribution in [0.4, 0.5) is 0 Å². The molecule has 0 radical (unpaired) electrons. The number of ether oxygens (including phenoxy) is 3. The van der Waals surface area contributed by atoms with Crippen molar-refractivity contribution < 1.29 is 27.8 Å². The summed E-state index contributed by atoms with van der Waals surface area (Å²) in [6, 6.07) is 12.2. The maximum Gasteiger partial charge on any atom is 0.344 e. The summed E-state index contributed by atoms with van der Waals surface area (Å²) in [6.45, 7) is 6.95. The van der Waals surface area contributed by atoms with Crippen molar-refractivity contribution >= 4 is 27.9 Å². The molecule has 0 unspecified atom stereocenters. The second kappa shape index (κ2) is 8.07. The molecule has 2 aromatic heterocycles. The average Bonchev–Trinajstić information content (AvgIpc) is 3.14. The molecule has 4 aromatic rings. The molecule has 0 saturated carbocycles. The molecule has 0 spiro atoms. The third-order valence-electron chi connectivity index (χ3n) is 4.80. The van der Waals surface area contributed by atoms with E-state index in [1.165, 1.54) is 6.07 Å². The van der Waals surface area contributed by atoms with E-state index >= 15 is 0 Å². The highest BCUT2D eigenvalue weighted by atomic mass is 16.6. The molecule has 0 bridgehead atoms. The summed E-state index contributed by atoms with van der Waals surface area (Å²) in [5.74, 6) is 1.09. The number of para-hydroxylation sites is 1. The van der Waals surface area contributed by atoms with E-state index in [0.717, 1.165) is 5.39 Å². The van der Waals surface area contributed by atoms with Crippen molar-refractivity contribution in [3.05, 3.63) is 58.4 Å². The standard InChI is InChI=1S/C25H24O7/c1-14-9-20-16(11-19(14)29-13-23(27)32-25(2,3)4)17(12-22(26)30-20)21-10-15-7-6-8-18(28-5)24(15)31-21/h6-12H,13H2,1-5H3. The molecule has 32 heavy (non-hydrogen) atoms. The van der Waals surface area contributed by atoms with Gasteiger partial charge in [0.05, 0.1) is 7.11 Å². The van der Waals surface area contributed by atoms with Crippen molar-refractivity contribution in [1.29, 1.82) is 0 Å². The van der Waals surface area contributed by atoms with Crippen LogP contribution in [0.5, 0.6) is 11.5 Å². The van der Waals surface area contributed by atoms with Crippen LogP contribution in [-0.4, -0.2) is 25.3 Å². The number of furan rings is 1. The van der Waals surface area contributed by atoms with E-state index in [1.807, 2.05) is 25.1 Å². The number of methoxy groups -OCH3 is 1. The summed E-state index contributed by atoms with van der Waals surface area (Å²) in [5, 5.41) is 1.46. The Kier molecular flexibility index (Phi) is 5.42. The molecule has 0 amide bonds. The van der Waals surface area contributed by atoms with Gasteiger partial charge < -0.3 is 23.0 Å². The van der Waals surface area contributed by atoms with Gasteiger partial charge in [0.15, 0.2) is 17.9 Å². The fourth-order valence-corrected chi connectivity index (χ4v) is 3.49. The molecule has 0 fully saturated rings. The Hall–Kier alpha value is -3.74. The molecule has 2 aromatic carbocycles. The van der Waals surface area contributed by atoms with E-state index in [2.05, 4.69) is 0 Å². The Labute approximate surface area is 184 Å². The third-order valence-corrected chi connectivity index (χ3v) is 4.80. The van der Waals surface area contributed by atoms with Crippen molar-refractivity contribution in [3.8, 4) is 22.8 Å². The van der Waals surface area contributed by atoms with E-state index in [0.29, 0.717) is 44.9 Å². The van der Waals surface area contributed by atoms with Gasteiger partial charge in [0.25, 0.3) is 0 Å². The number of rotatable bonds is 5. The molecule has 0 N–H and O–H groups in total. The highest BCUT2D eigenvalue weighted by Crippen LogP contribution is 2.37. The largest absolute Gasteiger partial charge is 0.493 e. The molecule has 0 atom stereocenters. The van der Waals surface area contributed by atoms with Crippen LogP contribution in [0.25, 0.3) is 33.3 Å². The van der Waals surface area contributed by atoms with Crippen LogP contribution < -0.4 is 15.1 Å². The maximum absolute atomic E-state index is 12.2. The monoisotopic (exact) mass is 436 g/mol. The Bertz CT molecular complexity index is 1370. The fraction of sp³-hybridized carbons (Fsp3) is 0.280. The van der Waals surface area contributed by atoms with E-state index in [9.17, 15) is 9.59 Å². The van der Waals surface area contributed by atoms with E-state index in [4.69, 9.17) is 23.0 Å². The predicted molar refractivity (Wildman–Crippen MR) is 120 cm³/mol. The first-order valence-electron chi connectivity index (χ1n) is 10.1. The lowest BCUT2D eigenvalue weighted by Gasteiger charge is -2.19. The van der Waals surface area contributed by atoms with Crippen LogP contribution in [0.3, 0.4) is 0 Å². The minimum absolute atomic E-state index is 0.239. The predicted octanol–water partition coefficient (Wildman–Crippen LogP) is 5.24. The Balaban J connectivity index is 1.77. The van der Waals surface area contributed by atoms with Crippen molar-refractivity contribution in [2.45, 2.75) is 33.3 Å². The highest BCUT2D eigenvalue weighted by molar-refractivity contribution is 5.96. The van der Waals surface area contributed by atoms with Crippen molar-refractivity contribution in [3.63, 3.8) is 0 Å². The second-order valence-electron chi connectivity index (χ2n) is 8.46. The Morgan fingerprint density at radius 3 is 2.53 bits per heavy atom. The van der Waals surface area contributed by atoms with Crippen molar-refractivity contribution in [2.75, 3.05) is 13.7 Å². The van der Waals surface area contributed by atoms with Gasteiger partial charge in [0, 0.05) is 22.4 Å². The lowest BCUT2D eigenvalue weighted by molar-refractivity contribution is -0.157. The molecule has 7 nitrogen and oxygen atoms in total. The molecule has 4 rings (SSSR count). The molecule has 166 valence electrons. The summed E-state index contributed by atoms with van der Waals surface area (Å²) in [5.41, 5.74) is 1.14. The summed E-state index contributed by atoms with van der Waals surface area (Å²) < 4.78 is 27.8. The minimum Gasteiger partial charge on any atom is -0.493 e. The number of carbonyl (C=O) groups is 1. The van der Waals surface area contributed by atoms with Gasteiger partial charge in [-0.05, 0) is 57.5 Å². The minimum atomic E-state index is -0.599. The van der Waals surface area contributed by atoms with Gasteiger partial charge in [-0.1, -0.05) is 12.1 Å². The Morgan fingerprint density at radius 2 is 1.81 bits per heavy atom. The second-order valence-corrected chi connectivity index (χ2v) is 8.46. The van der Waals surface area contributed by atoms with Crippen LogP contribution in [-0.2, 0) is 9.53 Å². The molecule has 0 aliphatic rings. The van der Waals surface area contributed by atoms with E-state index in [-0.39, 0.29) is 6.61 Å². The number of hydrogen-bond acceptors (Lipinski definition) is 7. The first kappa shape index (κ1) is 21.5. The summed E-state index contributed by atoms with van der Waals surface area (Å²) >= 11 is 0. The van der Waals surface area contributed by atoms with Crippen LogP contribution in [0.1, 0.15) is 26.3 Å². The molecule has 0 saturated heterocycles. The summed E-state index contributed by atoms with van der Waals surface area (Å²) in [7, 11) is 1.57. The highest BCUT2D eigenvalue weighted by Gasteiger charge is 2.19. The molecule has 0 aliphatic heterocycles. The Morgan fingerprint density at radius 1 is 1.03 bits per heavy atom. The molecule has 2 heterocycles. The van der Waals surface area contributed by atoms with Gasteiger partial charge in [-0.2, -0.15) is 0 Å². The molecular formula is C25H24O7. The van der Waals surface area contributed by atoms with Crippen molar-refractivity contribution in [1.82, 2.24) is 0 Å². The zero-order valence-electron chi connectivity index (χ0n) is 18.6. The smallest absolute Gasteiger partial charge is 0.344 e. The number of carbonyl (C=O) groups excluding carboxylic acids is 1. The van der Waals surface area contributed by atoms with E-state index in [1.54, 1.807) is 46.1 Å². The van der Waals surface area contributed by atoms with Crippen LogP contribution in [0, 0.1) is 6.92 Å². The maximum atomic E-state index is 12.2. The SMILES string of the molecule is COc1cccc2cc(-c3cc(=O)oc4cc(C)c(OCC(=O)OC(C)(C)C)cc34)oc12.